The highest BCUT2D eigenvalue weighted by Crippen LogP contribution is 2.11. The van der Waals surface area contributed by atoms with Crippen molar-refractivity contribution in [3.8, 4) is 0 Å². The summed E-state index contributed by atoms with van der Waals surface area (Å²) < 4.78 is 16.6. The van der Waals surface area contributed by atoms with Gasteiger partial charge < -0.3 is 14.2 Å². The topological polar surface area (TPSA) is 78.9 Å². The van der Waals surface area contributed by atoms with Crippen molar-refractivity contribution in [3.63, 3.8) is 0 Å². The number of rotatable bonds is 41. The van der Waals surface area contributed by atoms with Crippen molar-refractivity contribution >= 4 is 17.9 Å². The largest absolute Gasteiger partial charge is 0.462 e. The molecule has 6 heteroatoms. The summed E-state index contributed by atoms with van der Waals surface area (Å²) in [5, 5.41) is 0. The van der Waals surface area contributed by atoms with Gasteiger partial charge in [0.05, 0.1) is 0 Å². The van der Waals surface area contributed by atoms with Crippen LogP contribution in [0.25, 0.3) is 0 Å². The zero-order valence-corrected chi connectivity index (χ0v) is 38.9. The summed E-state index contributed by atoms with van der Waals surface area (Å²) in [4.78, 5) is 37.6. The second kappa shape index (κ2) is 48.5. The third-order valence-corrected chi connectivity index (χ3v) is 9.46. The first kappa shape index (κ1) is 56.8. The van der Waals surface area contributed by atoms with Gasteiger partial charge in [-0.15, -0.1) is 0 Å². The van der Waals surface area contributed by atoms with Gasteiger partial charge in [-0.2, -0.15) is 0 Å². The van der Waals surface area contributed by atoms with Crippen LogP contribution in [0.4, 0.5) is 0 Å². The molecule has 0 N–H and O–H groups in total. The number of carbonyl (C=O) groups is 3. The molecule has 342 valence electrons. The molecule has 0 aliphatic heterocycles. The van der Waals surface area contributed by atoms with E-state index >= 15 is 0 Å². The zero-order chi connectivity index (χ0) is 44.4. The van der Waals surface area contributed by atoms with E-state index in [-0.39, 0.29) is 37.5 Å². The van der Waals surface area contributed by atoms with Gasteiger partial charge in [-0.3, -0.25) is 14.4 Å². The Labute approximate surface area is 373 Å². The fourth-order valence-corrected chi connectivity index (χ4v) is 5.91. The van der Waals surface area contributed by atoms with E-state index in [9.17, 15) is 14.4 Å². The van der Waals surface area contributed by atoms with Gasteiger partial charge in [-0.1, -0.05) is 187 Å². The van der Waals surface area contributed by atoms with Crippen LogP contribution >= 0.6 is 0 Å². The summed E-state index contributed by atoms with van der Waals surface area (Å²) in [6.45, 7) is 6.23. The average molecular weight is 843 g/mol. The van der Waals surface area contributed by atoms with Crippen molar-refractivity contribution in [2.24, 2.45) is 0 Å². The minimum Gasteiger partial charge on any atom is -0.462 e. The number of carbonyl (C=O) groups excluding carboxylic acids is 3. The smallest absolute Gasteiger partial charge is 0.306 e. The highest BCUT2D eigenvalue weighted by atomic mass is 16.6. The highest BCUT2D eigenvalue weighted by molar-refractivity contribution is 5.71. The SMILES string of the molecule is CC/C=C\C/C=C\C/C=C\C/C=C\C/C=C\CCCCCCCC(=O)OCC(COC(=O)CCCCCCC)OC(=O)CCC/C=C\C/C=C\C/C=C\C/C=C\C/C=C\CC. The summed E-state index contributed by atoms with van der Waals surface area (Å²) in [6, 6.07) is 0. The van der Waals surface area contributed by atoms with Gasteiger partial charge in [0, 0.05) is 19.3 Å². The highest BCUT2D eigenvalue weighted by Gasteiger charge is 2.19. The molecule has 0 aromatic carbocycles. The minimum atomic E-state index is -0.815. The predicted octanol–water partition coefficient (Wildman–Crippen LogP) is 15.7. The van der Waals surface area contributed by atoms with Gasteiger partial charge in [0.1, 0.15) is 13.2 Å². The first-order valence-electron chi connectivity index (χ1n) is 24.0. The molecule has 0 radical (unpaired) electrons. The summed E-state index contributed by atoms with van der Waals surface area (Å²) in [7, 11) is 0. The van der Waals surface area contributed by atoms with Gasteiger partial charge in [-0.25, -0.2) is 0 Å². The Kier molecular flexibility index (Phi) is 45.1. The first-order valence-corrected chi connectivity index (χ1v) is 24.0. The molecule has 0 amide bonds. The molecule has 6 nitrogen and oxygen atoms in total. The van der Waals surface area contributed by atoms with Gasteiger partial charge >= 0.3 is 17.9 Å². The second-order valence-electron chi connectivity index (χ2n) is 15.3. The monoisotopic (exact) mass is 843 g/mol. The van der Waals surface area contributed by atoms with E-state index in [0.29, 0.717) is 19.3 Å². The Morgan fingerprint density at radius 3 is 1.05 bits per heavy atom. The maximum Gasteiger partial charge on any atom is 0.306 e. The normalized spacial score (nSPS) is 13.2. The number of unbranched alkanes of at least 4 members (excludes halogenated alkanes) is 10. The third-order valence-electron chi connectivity index (χ3n) is 9.46. The van der Waals surface area contributed by atoms with Crippen LogP contribution in [0.3, 0.4) is 0 Å². The molecule has 0 aliphatic rings. The summed E-state index contributed by atoms with van der Waals surface area (Å²) in [6.07, 6.45) is 66.5. The van der Waals surface area contributed by atoms with Crippen molar-refractivity contribution in [1.29, 1.82) is 0 Å². The number of ether oxygens (including phenoxy) is 3. The molecule has 61 heavy (non-hydrogen) atoms. The van der Waals surface area contributed by atoms with Crippen LogP contribution < -0.4 is 0 Å². The van der Waals surface area contributed by atoms with E-state index < -0.39 is 6.10 Å². The van der Waals surface area contributed by atoms with E-state index in [4.69, 9.17) is 14.2 Å². The lowest BCUT2D eigenvalue weighted by atomic mass is 10.1. The van der Waals surface area contributed by atoms with Crippen molar-refractivity contribution in [1.82, 2.24) is 0 Å². The fraction of sp³-hybridized carbons (Fsp3) is 0.582. The van der Waals surface area contributed by atoms with E-state index in [2.05, 4.69) is 142 Å². The van der Waals surface area contributed by atoms with E-state index in [1.165, 1.54) is 0 Å². The molecule has 0 heterocycles. The summed E-state index contributed by atoms with van der Waals surface area (Å²) >= 11 is 0. The molecule has 0 spiro atoms. The van der Waals surface area contributed by atoms with E-state index in [1.54, 1.807) is 0 Å². The number of allylic oxidation sites excluding steroid dienone is 20. The maximum absolute atomic E-state index is 12.7. The molecule has 1 unspecified atom stereocenters. The Hall–Kier alpha value is -4.19. The Bertz CT molecular complexity index is 1340. The molecular formula is C55H86O6. The zero-order valence-electron chi connectivity index (χ0n) is 38.9. The molecule has 0 aliphatic carbocycles. The minimum absolute atomic E-state index is 0.112. The molecule has 0 rings (SSSR count). The predicted molar refractivity (Wildman–Crippen MR) is 260 cm³/mol. The first-order chi connectivity index (χ1) is 30.0. The fourth-order valence-electron chi connectivity index (χ4n) is 5.91. The standard InChI is InChI=1S/C55H86O6/c1-4-7-10-13-15-17-19-21-23-25-26-27-28-30-31-33-35-37-39-42-45-48-54(57)60-51-52(50-59-53(56)47-44-41-12-9-6-3)61-55(58)49-46-43-40-38-36-34-32-29-24-22-20-18-16-14-11-8-5-2/h7-8,10-11,15-18,21-24,26-27,30-32,34,38,40,52H,4-6,9,12-14,19-20,25,28-29,33,35-37,39,41-51H2,1-3H3/b10-7-,11-8-,17-15-,18-16-,23-21-,24-22-,27-26-,31-30-,34-32-,40-38-. The quantitative estimate of drug-likeness (QED) is 0.0264. The van der Waals surface area contributed by atoms with Crippen LogP contribution in [-0.4, -0.2) is 37.2 Å². The van der Waals surface area contributed by atoms with Gasteiger partial charge in [0.25, 0.3) is 0 Å². The lowest BCUT2D eigenvalue weighted by Crippen LogP contribution is -2.30. The Morgan fingerprint density at radius 1 is 0.344 bits per heavy atom. The maximum atomic E-state index is 12.7. The van der Waals surface area contributed by atoms with Crippen LogP contribution in [0.2, 0.25) is 0 Å². The number of hydrogen-bond donors (Lipinski definition) is 0. The summed E-state index contributed by atoms with van der Waals surface area (Å²) in [5.41, 5.74) is 0. The number of esters is 3. The van der Waals surface area contributed by atoms with Crippen molar-refractivity contribution in [3.05, 3.63) is 122 Å². The number of hydrogen-bond acceptors (Lipinski definition) is 6. The molecule has 0 aromatic rings. The van der Waals surface area contributed by atoms with Gasteiger partial charge in [0.2, 0.25) is 0 Å². The van der Waals surface area contributed by atoms with Crippen LogP contribution in [0.1, 0.15) is 188 Å². The Morgan fingerprint density at radius 2 is 0.656 bits per heavy atom. The molecule has 0 saturated carbocycles. The van der Waals surface area contributed by atoms with Crippen LogP contribution in [-0.2, 0) is 28.6 Å². The van der Waals surface area contributed by atoms with Gasteiger partial charge in [-0.05, 0) is 103 Å². The molecule has 0 saturated heterocycles. The lowest BCUT2D eigenvalue weighted by molar-refractivity contribution is -0.167. The molecule has 0 bridgehead atoms. The second-order valence-corrected chi connectivity index (χ2v) is 15.3. The summed E-state index contributed by atoms with van der Waals surface area (Å²) in [5.74, 6) is -1.02. The molecular weight excluding hydrogens is 757 g/mol. The lowest BCUT2D eigenvalue weighted by Gasteiger charge is -2.18. The van der Waals surface area contributed by atoms with Crippen LogP contribution in [0.5, 0.6) is 0 Å². The third kappa shape index (κ3) is 46.7. The van der Waals surface area contributed by atoms with Crippen molar-refractivity contribution in [2.45, 2.75) is 194 Å². The average Bonchev–Trinajstić information content (AvgIpc) is 3.26. The van der Waals surface area contributed by atoms with Gasteiger partial charge in [0.15, 0.2) is 6.10 Å². The van der Waals surface area contributed by atoms with Crippen LogP contribution in [0, 0.1) is 0 Å². The van der Waals surface area contributed by atoms with E-state index in [1.807, 2.05) is 0 Å². The van der Waals surface area contributed by atoms with Crippen molar-refractivity contribution < 1.29 is 28.6 Å². The molecule has 0 fully saturated rings. The molecule has 0 aromatic heterocycles. The Balaban J connectivity index is 4.35. The van der Waals surface area contributed by atoms with E-state index in [0.717, 1.165) is 141 Å². The van der Waals surface area contributed by atoms with Crippen LogP contribution in [0.15, 0.2) is 122 Å². The van der Waals surface area contributed by atoms with Crippen molar-refractivity contribution in [2.75, 3.05) is 13.2 Å². The molecule has 1 atom stereocenters.